The summed E-state index contributed by atoms with van der Waals surface area (Å²) < 4.78 is 5.65. The highest BCUT2D eigenvalue weighted by molar-refractivity contribution is 6.16. The van der Waals surface area contributed by atoms with E-state index in [1.165, 1.54) is 0 Å². The Bertz CT molecular complexity index is 780. The van der Waals surface area contributed by atoms with Gasteiger partial charge < -0.3 is 4.74 Å². The molecule has 1 fully saturated rings. The number of ether oxygens (including phenoxy) is 1. The Morgan fingerprint density at radius 1 is 1.00 bits per heavy atom. The molecule has 1 saturated heterocycles. The van der Waals surface area contributed by atoms with Crippen LogP contribution in [-0.2, 0) is 16.0 Å². The van der Waals surface area contributed by atoms with E-state index >= 15 is 0 Å². The van der Waals surface area contributed by atoms with Crippen molar-refractivity contribution in [1.82, 2.24) is 10.6 Å². The van der Waals surface area contributed by atoms with Crippen molar-refractivity contribution in [2.45, 2.75) is 13.3 Å². The number of hydrogen-bond donors (Lipinski definition) is 2. The smallest absolute Gasteiger partial charge is 0.328 e. The number of carbonyl (C=O) groups excluding carboxylic acids is 3. The van der Waals surface area contributed by atoms with Crippen LogP contribution in [0, 0.1) is 5.92 Å². The molecule has 0 spiro atoms. The van der Waals surface area contributed by atoms with Gasteiger partial charge in [0.2, 0.25) is 11.8 Å². The van der Waals surface area contributed by atoms with E-state index in [1.54, 1.807) is 0 Å². The van der Waals surface area contributed by atoms with Gasteiger partial charge in [-0.15, -0.1) is 0 Å². The maximum atomic E-state index is 12.0. The molecule has 6 nitrogen and oxygen atoms in total. The fourth-order valence-corrected chi connectivity index (χ4v) is 2.76. The van der Waals surface area contributed by atoms with Gasteiger partial charge in [-0.05, 0) is 30.2 Å². The second-order valence-corrected chi connectivity index (χ2v) is 5.26. The summed E-state index contributed by atoms with van der Waals surface area (Å²) in [4.78, 5) is 35.2. The van der Waals surface area contributed by atoms with Crippen molar-refractivity contribution in [2.75, 3.05) is 6.61 Å². The van der Waals surface area contributed by atoms with Gasteiger partial charge in [0, 0.05) is 5.56 Å². The molecule has 6 heteroatoms. The van der Waals surface area contributed by atoms with Gasteiger partial charge in [-0.2, -0.15) is 0 Å². The Morgan fingerprint density at radius 3 is 2.39 bits per heavy atom. The van der Waals surface area contributed by atoms with Crippen LogP contribution in [0.5, 0.6) is 5.75 Å². The summed E-state index contributed by atoms with van der Waals surface area (Å²) in [5, 5.41) is 6.18. The molecule has 0 aromatic heterocycles. The molecule has 0 unspecified atom stereocenters. The molecule has 0 radical (unpaired) electrons. The molecule has 1 heterocycles. The lowest BCUT2D eigenvalue weighted by molar-refractivity contribution is -0.135. The summed E-state index contributed by atoms with van der Waals surface area (Å²) in [6, 6.07) is 10.7. The molecule has 0 atom stereocenters. The predicted octanol–water partition coefficient (Wildman–Crippen LogP) is 1.76. The van der Waals surface area contributed by atoms with Gasteiger partial charge >= 0.3 is 6.03 Å². The summed E-state index contributed by atoms with van der Waals surface area (Å²) in [6.45, 7) is 2.35. The third-order valence-corrected chi connectivity index (χ3v) is 3.81. The van der Waals surface area contributed by atoms with Crippen molar-refractivity contribution in [2.24, 2.45) is 5.92 Å². The Morgan fingerprint density at radius 2 is 1.70 bits per heavy atom. The monoisotopic (exact) mass is 312 g/mol. The molecule has 2 aromatic carbocycles. The molecule has 4 amide bonds. The van der Waals surface area contributed by atoms with E-state index in [1.807, 2.05) is 43.3 Å². The lowest BCUT2D eigenvalue weighted by Gasteiger charge is -2.22. The van der Waals surface area contributed by atoms with E-state index in [2.05, 4.69) is 10.6 Å². The number of imide groups is 2. The first-order valence-corrected chi connectivity index (χ1v) is 7.39. The second-order valence-electron chi connectivity index (χ2n) is 5.26. The summed E-state index contributed by atoms with van der Waals surface area (Å²) in [5.74, 6) is -1.50. The van der Waals surface area contributed by atoms with Gasteiger partial charge in [-0.25, -0.2) is 4.79 Å². The third-order valence-electron chi connectivity index (χ3n) is 3.81. The van der Waals surface area contributed by atoms with Crippen LogP contribution in [0.25, 0.3) is 10.8 Å². The SMILES string of the molecule is CCOc1ccc2ccccc2c1CC1C(=O)NC(=O)NC1=O. The van der Waals surface area contributed by atoms with Crippen molar-refractivity contribution < 1.29 is 19.1 Å². The van der Waals surface area contributed by atoms with E-state index in [0.717, 1.165) is 16.3 Å². The highest BCUT2D eigenvalue weighted by atomic mass is 16.5. The molecule has 1 aliphatic heterocycles. The molecule has 0 saturated carbocycles. The summed E-state index contributed by atoms with van der Waals surface area (Å²) in [6.07, 6.45) is 0.168. The molecular weight excluding hydrogens is 296 g/mol. The van der Waals surface area contributed by atoms with E-state index < -0.39 is 23.8 Å². The average Bonchev–Trinajstić information content (AvgIpc) is 2.52. The quantitative estimate of drug-likeness (QED) is 0.843. The third kappa shape index (κ3) is 2.88. The molecule has 0 aliphatic carbocycles. The molecule has 2 N–H and O–H groups in total. The van der Waals surface area contributed by atoms with E-state index in [4.69, 9.17) is 4.74 Å². The first kappa shape index (κ1) is 15.0. The van der Waals surface area contributed by atoms with E-state index in [9.17, 15) is 14.4 Å². The highest BCUT2D eigenvalue weighted by Crippen LogP contribution is 2.31. The van der Waals surface area contributed by atoms with Crippen LogP contribution in [0.1, 0.15) is 12.5 Å². The minimum atomic E-state index is -0.960. The normalized spacial score (nSPS) is 15.4. The number of benzene rings is 2. The summed E-state index contributed by atoms with van der Waals surface area (Å²) in [7, 11) is 0. The second kappa shape index (κ2) is 6.08. The van der Waals surface area contributed by atoms with E-state index in [-0.39, 0.29) is 6.42 Å². The fourth-order valence-electron chi connectivity index (χ4n) is 2.76. The zero-order chi connectivity index (χ0) is 16.4. The first-order chi connectivity index (χ1) is 11.1. The first-order valence-electron chi connectivity index (χ1n) is 7.39. The summed E-state index contributed by atoms with van der Waals surface area (Å²) in [5.41, 5.74) is 0.787. The van der Waals surface area contributed by atoms with Crippen LogP contribution in [0.3, 0.4) is 0 Å². The number of hydrogen-bond acceptors (Lipinski definition) is 4. The lowest BCUT2D eigenvalue weighted by atomic mass is 9.92. The molecule has 3 rings (SSSR count). The standard InChI is InChI=1S/C17H16N2O4/c1-2-23-14-8-7-10-5-3-4-6-11(10)12(14)9-13-15(20)18-17(22)19-16(13)21/h3-8,13H,2,9H2,1H3,(H2,18,19,20,21,22). The maximum absolute atomic E-state index is 12.0. The zero-order valence-electron chi connectivity index (χ0n) is 12.6. The molecular formula is C17H16N2O4. The largest absolute Gasteiger partial charge is 0.494 e. The lowest BCUT2D eigenvalue weighted by Crippen LogP contribution is -2.56. The minimum absolute atomic E-state index is 0.168. The number of barbiturate groups is 1. The number of carbonyl (C=O) groups is 3. The highest BCUT2D eigenvalue weighted by Gasteiger charge is 2.35. The fraction of sp³-hybridized carbons (Fsp3) is 0.235. The zero-order valence-corrected chi connectivity index (χ0v) is 12.6. The number of amides is 4. The molecule has 0 bridgehead atoms. The van der Waals surface area contributed by atoms with Crippen molar-refractivity contribution in [3.63, 3.8) is 0 Å². The molecule has 118 valence electrons. The van der Waals surface area contributed by atoms with Gasteiger partial charge in [0.25, 0.3) is 0 Å². The topological polar surface area (TPSA) is 84.5 Å². The molecule has 1 aliphatic rings. The van der Waals surface area contributed by atoms with Gasteiger partial charge in [0.05, 0.1) is 6.61 Å². The van der Waals surface area contributed by atoms with Gasteiger partial charge in [0.1, 0.15) is 11.7 Å². The van der Waals surface area contributed by atoms with Crippen LogP contribution in [-0.4, -0.2) is 24.5 Å². The number of fused-ring (bicyclic) bond motifs is 1. The Kier molecular flexibility index (Phi) is 3.97. The number of urea groups is 1. The summed E-state index contributed by atoms with van der Waals surface area (Å²) >= 11 is 0. The van der Waals surface area contributed by atoms with Crippen LogP contribution in [0.4, 0.5) is 4.79 Å². The molecule has 23 heavy (non-hydrogen) atoms. The Hall–Kier alpha value is -2.89. The van der Waals surface area contributed by atoms with Crippen molar-refractivity contribution in [3.8, 4) is 5.75 Å². The van der Waals surface area contributed by atoms with Crippen molar-refractivity contribution in [3.05, 3.63) is 42.0 Å². The van der Waals surface area contributed by atoms with Crippen LogP contribution in [0.2, 0.25) is 0 Å². The van der Waals surface area contributed by atoms with Crippen LogP contribution >= 0.6 is 0 Å². The van der Waals surface area contributed by atoms with Crippen LogP contribution in [0.15, 0.2) is 36.4 Å². The van der Waals surface area contributed by atoms with Gasteiger partial charge in [-0.1, -0.05) is 30.3 Å². The Balaban J connectivity index is 2.04. The average molecular weight is 312 g/mol. The molecule has 2 aromatic rings. The van der Waals surface area contributed by atoms with E-state index in [0.29, 0.717) is 12.4 Å². The Labute approximate surface area is 132 Å². The van der Waals surface area contributed by atoms with Crippen molar-refractivity contribution in [1.29, 1.82) is 0 Å². The predicted molar refractivity (Wildman–Crippen MR) is 84.0 cm³/mol. The maximum Gasteiger partial charge on any atom is 0.328 e. The van der Waals surface area contributed by atoms with Crippen LogP contribution < -0.4 is 15.4 Å². The number of rotatable bonds is 4. The van der Waals surface area contributed by atoms with Gasteiger partial charge in [-0.3, -0.25) is 20.2 Å². The minimum Gasteiger partial charge on any atom is -0.494 e. The van der Waals surface area contributed by atoms with Gasteiger partial charge in [0.15, 0.2) is 0 Å². The number of nitrogens with one attached hydrogen (secondary N) is 2. The van der Waals surface area contributed by atoms with Crippen molar-refractivity contribution >= 4 is 28.6 Å².